The fourth-order valence-corrected chi connectivity index (χ4v) is 5.34. The molecule has 0 aliphatic heterocycles. The SMILES string of the molecule is CC(=NCC(=O)c1ccc(C(=O)NCc2ccncc2)s1)c1csc(-c2ccc(Cl)c(Cl)c2)c1O. The third-order valence-corrected chi connectivity index (χ3v) is 7.99. The summed E-state index contributed by atoms with van der Waals surface area (Å²) in [6, 6.07) is 12.0. The van der Waals surface area contributed by atoms with E-state index in [4.69, 9.17) is 23.2 Å². The molecule has 1 amide bonds. The number of hydrogen-bond donors (Lipinski definition) is 2. The zero-order chi connectivity index (χ0) is 24.9. The lowest BCUT2D eigenvalue weighted by Gasteiger charge is -2.04. The van der Waals surface area contributed by atoms with Crippen molar-refractivity contribution >= 4 is 63.3 Å². The van der Waals surface area contributed by atoms with E-state index in [1.54, 1.807) is 55.0 Å². The smallest absolute Gasteiger partial charge is 0.261 e. The zero-order valence-corrected chi connectivity index (χ0v) is 21.6. The minimum atomic E-state index is -0.247. The van der Waals surface area contributed by atoms with Crippen LogP contribution in [-0.4, -0.2) is 34.0 Å². The Kier molecular flexibility index (Phi) is 7.97. The van der Waals surface area contributed by atoms with Gasteiger partial charge in [-0.3, -0.25) is 19.6 Å². The quantitative estimate of drug-likeness (QED) is 0.196. The third kappa shape index (κ3) is 5.97. The Labute approximate surface area is 219 Å². The van der Waals surface area contributed by atoms with Crippen LogP contribution in [-0.2, 0) is 6.54 Å². The molecule has 178 valence electrons. The minimum absolute atomic E-state index is 0.0753. The molecule has 0 radical (unpaired) electrons. The molecule has 0 atom stereocenters. The lowest BCUT2D eigenvalue weighted by Crippen LogP contribution is -2.21. The van der Waals surface area contributed by atoms with Gasteiger partial charge in [0.05, 0.1) is 24.7 Å². The normalized spacial score (nSPS) is 11.5. The summed E-state index contributed by atoms with van der Waals surface area (Å²) < 4.78 is 0. The lowest BCUT2D eigenvalue weighted by molar-refractivity contribution is 0.0954. The summed E-state index contributed by atoms with van der Waals surface area (Å²) in [4.78, 5) is 34.9. The highest BCUT2D eigenvalue weighted by Gasteiger charge is 2.17. The molecular weight excluding hydrogens is 525 g/mol. The van der Waals surface area contributed by atoms with Gasteiger partial charge in [-0.25, -0.2) is 0 Å². The predicted octanol–water partition coefficient (Wildman–Crippen LogP) is 6.51. The van der Waals surface area contributed by atoms with Crippen LogP contribution in [0.5, 0.6) is 5.75 Å². The van der Waals surface area contributed by atoms with E-state index in [2.05, 4.69) is 15.3 Å². The van der Waals surface area contributed by atoms with Crippen molar-refractivity contribution in [1.29, 1.82) is 0 Å². The maximum atomic E-state index is 12.7. The van der Waals surface area contributed by atoms with Gasteiger partial charge < -0.3 is 10.4 Å². The van der Waals surface area contributed by atoms with Gasteiger partial charge >= 0.3 is 0 Å². The first-order valence-corrected chi connectivity index (χ1v) is 12.9. The van der Waals surface area contributed by atoms with Crippen LogP contribution in [0.4, 0.5) is 0 Å². The second-order valence-electron chi connectivity index (χ2n) is 7.48. The van der Waals surface area contributed by atoms with Crippen LogP contribution >= 0.6 is 45.9 Å². The molecule has 6 nitrogen and oxygen atoms in total. The Morgan fingerprint density at radius 3 is 2.54 bits per heavy atom. The Morgan fingerprint density at radius 2 is 1.80 bits per heavy atom. The number of rotatable bonds is 8. The monoisotopic (exact) mass is 543 g/mol. The number of benzene rings is 1. The van der Waals surface area contributed by atoms with Gasteiger partial charge in [0.15, 0.2) is 5.78 Å². The van der Waals surface area contributed by atoms with E-state index < -0.39 is 0 Å². The molecule has 35 heavy (non-hydrogen) atoms. The summed E-state index contributed by atoms with van der Waals surface area (Å²) in [6.45, 7) is 2.02. The number of Topliss-reactive ketones (excluding diaryl/α,β-unsaturated/α-hetero) is 1. The molecule has 10 heteroatoms. The van der Waals surface area contributed by atoms with Crippen molar-refractivity contribution in [2.45, 2.75) is 13.5 Å². The maximum absolute atomic E-state index is 12.7. The average Bonchev–Trinajstić information content (AvgIpc) is 3.51. The number of aromatic hydroxyl groups is 1. The summed E-state index contributed by atoms with van der Waals surface area (Å²) in [5.74, 6) is -0.378. The Morgan fingerprint density at radius 1 is 1.06 bits per heavy atom. The van der Waals surface area contributed by atoms with Crippen molar-refractivity contribution in [2.24, 2.45) is 4.99 Å². The van der Waals surface area contributed by atoms with Gasteiger partial charge in [-0.15, -0.1) is 22.7 Å². The van der Waals surface area contributed by atoms with Crippen LogP contribution in [0.2, 0.25) is 10.0 Å². The van der Waals surface area contributed by atoms with Crippen molar-refractivity contribution in [2.75, 3.05) is 6.54 Å². The number of carbonyl (C=O) groups is 2. The van der Waals surface area contributed by atoms with E-state index in [9.17, 15) is 14.7 Å². The van der Waals surface area contributed by atoms with Gasteiger partial charge in [0.25, 0.3) is 5.91 Å². The van der Waals surface area contributed by atoms with Crippen LogP contribution in [0.15, 0.2) is 65.2 Å². The highest BCUT2D eigenvalue weighted by atomic mass is 35.5. The molecule has 0 bridgehead atoms. The molecule has 0 saturated carbocycles. The number of ketones is 1. The molecular formula is C25H19Cl2N3O3S2. The zero-order valence-electron chi connectivity index (χ0n) is 18.4. The first-order valence-electron chi connectivity index (χ1n) is 10.4. The van der Waals surface area contributed by atoms with Crippen LogP contribution in [0.3, 0.4) is 0 Å². The van der Waals surface area contributed by atoms with Crippen molar-refractivity contribution in [3.63, 3.8) is 0 Å². The minimum Gasteiger partial charge on any atom is -0.506 e. The topological polar surface area (TPSA) is 91.7 Å². The Bertz CT molecular complexity index is 1410. The van der Waals surface area contributed by atoms with Gasteiger partial charge in [-0.2, -0.15) is 0 Å². The van der Waals surface area contributed by atoms with Crippen molar-refractivity contribution in [1.82, 2.24) is 10.3 Å². The molecule has 3 heterocycles. The molecule has 0 fully saturated rings. The molecule has 1 aromatic carbocycles. The van der Waals surface area contributed by atoms with Gasteiger partial charge in [0.1, 0.15) is 12.3 Å². The highest BCUT2D eigenvalue weighted by Crippen LogP contribution is 2.40. The number of halogens is 2. The number of aromatic nitrogens is 1. The molecule has 0 aliphatic rings. The van der Waals surface area contributed by atoms with E-state index in [0.29, 0.717) is 42.5 Å². The molecule has 3 aromatic heterocycles. The van der Waals surface area contributed by atoms with E-state index >= 15 is 0 Å². The summed E-state index contributed by atoms with van der Waals surface area (Å²) >= 11 is 14.6. The van der Waals surface area contributed by atoms with Crippen molar-refractivity contribution in [3.05, 3.63) is 91.2 Å². The van der Waals surface area contributed by atoms with E-state index in [1.165, 1.54) is 11.3 Å². The number of nitrogens with zero attached hydrogens (tertiary/aromatic N) is 2. The maximum Gasteiger partial charge on any atom is 0.261 e. The van der Waals surface area contributed by atoms with Crippen molar-refractivity contribution < 1.29 is 14.7 Å². The van der Waals surface area contributed by atoms with Crippen molar-refractivity contribution in [3.8, 4) is 16.2 Å². The number of hydrogen-bond acceptors (Lipinski definition) is 7. The van der Waals surface area contributed by atoms with Gasteiger partial charge in [0.2, 0.25) is 0 Å². The van der Waals surface area contributed by atoms with E-state index in [1.807, 2.05) is 12.1 Å². The average molecular weight is 544 g/mol. The largest absolute Gasteiger partial charge is 0.506 e. The van der Waals surface area contributed by atoms with E-state index in [-0.39, 0.29) is 24.0 Å². The summed E-state index contributed by atoms with van der Waals surface area (Å²) in [6.07, 6.45) is 3.33. The van der Waals surface area contributed by atoms with E-state index in [0.717, 1.165) is 22.5 Å². The number of carbonyl (C=O) groups excluding carboxylic acids is 2. The number of aliphatic imine (C=N–C) groups is 1. The summed E-state index contributed by atoms with van der Waals surface area (Å²) in [7, 11) is 0. The van der Waals surface area contributed by atoms with Crippen LogP contribution in [0.1, 0.15) is 37.4 Å². The third-order valence-electron chi connectivity index (χ3n) is 5.10. The fourth-order valence-electron chi connectivity index (χ4n) is 3.18. The number of thiophene rings is 2. The van der Waals surface area contributed by atoms with Crippen LogP contribution < -0.4 is 5.32 Å². The number of pyridine rings is 1. The molecule has 0 aliphatic carbocycles. The molecule has 4 rings (SSSR count). The molecule has 4 aromatic rings. The second-order valence-corrected chi connectivity index (χ2v) is 10.3. The molecule has 0 spiro atoms. The summed E-state index contributed by atoms with van der Waals surface area (Å²) in [5, 5.41) is 16.2. The molecule has 0 unspecified atom stereocenters. The second kappa shape index (κ2) is 11.1. The first-order chi connectivity index (χ1) is 16.8. The Balaban J connectivity index is 1.40. The van der Waals surface area contributed by atoms with Gasteiger partial charge in [-0.05, 0) is 54.4 Å². The fraction of sp³-hybridized carbons (Fsp3) is 0.120. The highest BCUT2D eigenvalue weighted by molar-refractivity contribution is 7.16. The molecule has 2 N–H and O–H groups in total. The molecule has 0 saturated heterocycles. The lowest BCUT2D eigenvalue weighted by atomic mass is 10.1. The van der Waals surface area contributed by atoms with Crippen LogP contribution in [0.25, 0.3) is 10.4 Å². The van der Waals surface area contributed by atoms with Crippen LogP contribution in [0, 0.1) is 0 Å². The predicted molar refractivity (Wildman–Crippen MR) is 143 cm³/mol. The Hall–Kier alpha value is -3.04. The summed E-state index contributed by atoms with van der Waals surface area (Å²) in [5.41, 5.74) is 2.76. The standard InChI is InChI=1S/C25H19Cl2N3O3S2/c1-14(17-13-34-24(23(17)32)16-2-3-18(26)19(27)10-16)29-12-20(31)21-4-5-22(35-21)25(33)30-11-15-6-8-28-9-7-15/h2-10,13,32H,11-12H2,1H3,(H,30,33). The number of amides is 1. The first kappa shape index (κ1) is 25.1. The van der Waals surface area contributed by atoms with Gasteiger partial charge in [-0.1, -0.05) is 29.3 Å². The van der Waals surface area contributed by atoms with Gasteiger partial charge in [0, 0.05) is 35.6 Å². The number of nitrogens with one attached hydrogen (secondary N) is 1.